The number of phenolic OH excluding ortho intramolecular Hbond substituents is 1. The van der Waals surface area contributed by atoms with E-state index in [9.17, 15) is 13.9 Å². The predicted octanol–water partition coefficient (Wildman–Crippen LogP) is 3.60. The van der Waals surface area contributed by atoms with Gasteiger partial charge >= 0.3 is 0 Å². The summed E-state index contributed by atoms with van der Waals surface area (Å²) >= 11 is 6.07. The summed E-state index contributed by atoms with van der Waals surface area (Å²) in [6.07, 6.45) is -2.63. The molecule has 0 heterocycles. The molecule has 2 nitrogen and oxygen atoms in total. The van der Waals surface area contributed by atoms with Crippen LogP contribution in [0.2, 0.25) is 0 Å². The van der Waals surface area contributed by atoms with E-state index in [0.717, 1.165) is 0 Å². The van der Waals surface area contributed by atoms with Crippen molar-refractivity contribution in [2.45, 2.75) is 12.5 Å². The van der Waals surface area contributed by atoms with Gasteiger partial charge in [0.05, 0.1) is 15.0 Å². The summed E-state index contributed by atoms with van der Waals surface area (Å²) in [5, 5.41) is 9.33. The van der Waals surface area contributed by atoms with Gasteiger partial charge in [0.1, 0.15) is 5.75 Å². The molecular weight excluding hydrogens is 359 g/mol. The van der Waals surface area contributed by atoms with E-state index in [2.05, 4.69) is 31.9 Å². The third kappa shape index (κ3) is 3.55. The third-order valence-electron chi connectivity index (χ3n) is 1.70. The molecule has 0 radical (unpaired) electrons. The van der Waals surface area contributed by atoms with Gasteiger partial charge in [0.15, 0.2) is 0 Å². The van der Waals surface area contributed by atoms with Gasteiger partial charge in [-0.15, -0.1) is 12.4 Å². The normalized spacial score (nSPS) is 12.4. The first-order valence-corrected chi connectivity index (χ1v) is 5.23. The summed E-state index contributed by atoms with van der Waals surface area (Å²) < 4.78 is 25.2. The molecule has 1 atom stereocenters. The van der Waals surface area contributed by atoms with Crippen LogP contribution in [0.4, 0.5) is 8.78 Å². The number of benzene rings is 1. The van der Waals surface area contributed by atoms with Crippen LogP contribution in [0.25, 0.3) is 0 Å². The van der Waals surface area contributed by atoms with E-state index in [0.29, 0.717) is 8.95 Å². The van der Waals surface area contributed by atoms with Crippen LogP contribution in [-0.4, -0.2) is 11.5 Å². The zero-order valence-electron chi connectivity index (χ0n) is 7.25. The Morgan fingerprint density at radius 1 is 1.20 bits per heavy atom. The molecule has 0 unspecified atom stereocenters. The average Bonchev–Trinajstić information content (AvgIpc) is 2.12. The Hall–Kier alpha value is 0.0900. The first kappa shape index (κ1) is 15.1. The van der Waals surface area contributed by atoms with Crippen molar-refractivity contribution in [3.05, 3.63) is 26.6 Å². The topological polar surface area (TPSA) is 46.2 Å². The summed E-state index contributed by atoms with van der Waals surface area (Å²) in [6.45, 7) is 0. The van der Waals surface area contributed by atoms with Crippen molar-refractivity contribution in [2.24, 2.45) is 5.73 Å². The predicted molar refractivity (Wildman–Crippen MR) is 63.7 cm³/mol. The smallest absolute Gasteiger partial charge is 0.257 e. The molecule has 3 N–H and O–H groups in total. The molecule has 0 fully saturated rings. The summed E-state index contributed by atoms with van der Waals surface area (Å²) in [4.78, 5) is 0. The van der Waals surface area contributed by atoms with E-state index in [1.807, 2.05) is 0 Å². The zero-order valence-corrected chi connectivity index (χ0v) is 11.2. The molecule has 0 aliphatic heterocycles. The van der Waals surface area contributed by atoms with Crippen molar-refractivity contribution < 1.29 is 13.9 Å². The van der Waals surface area contributed by atoms with Gasteiger partial charge in [0.2, 0.25) is 0 Å². The molecule has 0 aliphatic carbocycles. The highest BCUT2D eigenvalue weighted by Crippen LogP contribution is 2.35. The van der Waals surface area contributed by atoms with Crippen LogP contribution in [0, 0.1) is 0 Å². The monoisotopic (exact) mass is 365 g/mol. The lowest BCUT2D eigenvalue weighted by atomic mass is 10.1. The van der Waals surface area contributed by atoms with Crippen molar-refractivity contribution in [1.82, 2.24) is 0 Å². The number of hydrogen-bond acceptors (Lipinski definition) is 2. The average molecular weight is 367 g/mol. The fraction of sp³-hybridized carbons (Fsp3) is 0.250. The molecule has 1 aromatic carbocycles. The fourth-order valence-electron chi connectivity index (χ4n) is 0.923. The lowest BCUT2D eigenvalue weighted by Gasteiger charge is -2.12. The van der Waals surface area contributed by atoms with Gasteiger partial charge in [0.25, 0.3) is 6.43 Å². The van der Waals surface area contributed by atoms with Crippen molar-refractivity contribution in [3.8, 4) is 5.75 Å². The van der Waals surface area contributed by atoms with Crippen molar-refractivity contribution in [3.63, 3.8) is 0 Å². The maximum Gasteiger partial charge on any atom is 0.257 e. The number of rotatable bonds is 2. The van der Waals surface area contributed by atoms with Crippen molar-refractivity contribution >= 4 is 44.3 Å². The summed E-state index contributed by atoms with van der Waals surface area (Å²) in [7, 11) is 0. The van der Waals surface area contributed by atoms with Gasteiger partial charge in [0, 0.05) is 0 Å². The highest BCUT2D eigenvalue weighted by molar-refractivity contribution is 9.11. The Bertz CT molecular complexity index is 328. The van der Waals surface area contributed by atoms with Crippen LogP contribution in [-0.2, 0) is 0 Å². The van der Waals surface area contributed by atoms with E-state index in [1.165, 1.54) is 12.1 Å². The molecule has 0 saturated carbocycles. The molecule has 0 saturated heterocycles. The van der Waals surface area contributed by atoms with Gasteiger partial charge in [-0.1, -0.05) is 0 Å². The Morgan fingerprint density at radius 2 is 1.60 bits per heavy atom. The standard InChI is InChI=1S/C8H7Br2F2NO.ClH/c9-4-1-3(6(13)8(11)12)2-5(10)7(4)14;/h1-2,6,8,14H,13H2;1H/t6-;/m1./s1. The van der Waals surface area contributed by atoms with Gasteiger partial charge in [-0.05, 0) is 49.6 Å². The second kappa shape index (κ2) is 5.98. The SMILES string of the molecule is Cl.N[C@H](c1cc(Br)c(O)c(Br)c1)C(F)F. The number of aromatic hydroxyl groups is 1. The molecule has 0 aliphatic rings. The Balaban J connectivity index is 0.00000196. The van der Waals surface area contributed by atoms with Crippen LogP contribution < -0.4 is 5.73 Å². The van der Waals surface area contributed by atoms with Crippen molar-refractivity contribution in [2.75, 3.05) is 0 Å². The van der Waals surface area contributed by atoms with E-state index in [-0.39, 0.29) is 23.7 Å². The molecule has 1 rings (SSSR count). The highest BCUT2D eigenvalue weighted by Gasteiger charge is 2.19. The summed E-state index contributed by atoms with van der Waals surface area (Å²) in [5.74, 6) is -0.0322. The van der Waals surface area contributed by atoms with Crippen LogP contribution in [0.1, 0.15) is 11.6 Å². The third-order valence-corrected chi connectivity index (χ3v) is 2.90. The molecule has 0 aromatic heterocycles. The summed E-state index contributed by atoms with van der Waals surface area (Å²) in [5.41, 5.74) is 5.51. The van der Waals surface area contributed by atoms with E-state index in [4.69, 9.17) is 5.73 Å². The van der Waals surface area contributed by atoms with E-state index in [1.54, 1.807) is 0 Å². The van der Waals surface area contributed by atoms with Gasteiger partial charge in [-0.2, -0.15) is 0 Å². The molecule has 1 aromatic rings. The molecule has 0 spiro atoms. The second-order valence-electron chi connectivity index (χ2n) is 2.69. The van der Waals surface area contributed by atoms with E-state index >= 15 is 0 Å². The minimum atomic E-state index is -2.63. The van der Waals surface area contributed by atoms with Gasteiger partial charge in [-0.25, -0.2) is 8.78 Å². The van der Waals surface area contributed by atoms with Gasteiger partial charge in [-0.3, -0.25) is 0 Å². The Kier molecular flexibility index (Phi) is 6.02. The zero-order chi connectivity index (χ0) is 10.9. The van der Waals surface area contributed by atoms with Crippen LogP contribution in [0.5, 0.6) is 5.75 Å². The minimum Gasteiger partial charge on any atom is -0.506 e. The minimum absolute atomic E-state index is 0. The Labute approximate surface area is 109 Å². The maximum atomic E-state index is 12.3. The highest BCUT2D eigenvalue weighted by atomic mass is 79.9. The van der Waals surface area contributed by atoms with Gasteiger partial charge < -0.3 is 10.8 Å². The van der Waals surface area contributed by atoms with Crippen LogP contribution in [0.15, 0.2) is 21.1 Å². The number of nitrogens with two attached hydrogens (primary N) is 1. The van der Waals surface area contributed by atoms with Crippen LogP contribution >= 0.6 is 44.3 Å². The molecule has 7 heteroatoms. The first-order chi connectivity index (χ1) is 6.43. The second-order valence-corrected chi connectivity index (χ2v) is 4.40. The van der Waals surface area contributed by atoms with Crippen LogP contribution in [0.3, 0.4) is 0 Å². The van der Waals surface area contributed by atoms with E-state index < -0.39 is 12.5 Å². The lowest BCUT2D eigenvalue weighted by molar-refractivity contribution is 0.116. The number of halogens is 5. The largest absolute Gasteiger partial charge is 0.506 e. The molecular formula is C8H8Br2ClF2NO. The Morgan fingerprint density at radius 3 is 1.93 bits per heavy atom. The molecule has 0 bridgehead atoms. The van der Waals surface area contributed by atoms with Crippen molar-refractivity contribution in [1.29, 1.82) is 0 Å². The number of alkyl halides is 2. The maximum absolute atomic E-state index is 12.3. The fourth-order valence-corrected chi connectivity index (χ4v) is 2.14. The first-order valence-electron chi connectivity index (χ1n) is 3.65. The lowest BCUT2D eigenvalue weighted by Crippen LogP contribution is -2.18. The molecule has 86 valence electrons. The molecule has 15 heavy (non-hydrogen) atoms. The quantitative estimate of drug-likeness (QED) is 0.839. The summed E-state index contributed by atoms with van der Waals surface area (Å²) in [6, 6.07) is 1.40. The number of hydrogen-bond donors (Lipinski definition) is 2. The number of phenols is 1. The molecule has 0 amide bonds.